The van der Waals surface area contributed by atoms with Crippen molar-refractivity contribution in [3.8, 4) is 57.5 Å². The van der Waals surface area contributed by atoms with E-state index in [1.54, 1.807) is 0 Å². The molecule has 0 fully saturated rings. The molecule has 12 rings (SSSR count). The van der Waals surface area contributed by atoms with E-state index < -0.39 is 0 Å². The molecule has 2 aliphatic carbocycles. The smallest absolute Gasteiger partial charge is 0.126 e. The van der Waals surface area contributed by atoms with Crippen molar-refractivity contribution >= 4 is 0 Å². The van der Waals surface area contributed by atoms with Crippen LogP contribution >= 0.6 is 0 Å². The van der Waals surface area contributed by atoms with E-state index in [9.17, 15) is 0 Å². The van der Waals surface area contributed by atoms with Gasteiger partial charge >= 0.3 is 0 Å². The van der Waals surface area contributed by atoms with E-state index in [1.807, 2.05) is 0 Å². The molecule has 20 bridgehead atoms. The summed E-state index contributed by atoms with van der Waals surface area (Å²) in [7, 11) is 0. The summed E-state index contributed by atoms with van der Waals surface area (Å²) in [6.45, 7) is 22.5. The van der Waals surface area contributed by atoms with Crippen LogP contribution in [0, 0.1) is 0 Å². The summed E-state index contributed by atoms with van der Waals surface area (Å²) in [5.74, 6) is 8.47. The van der Waals surface area contributed by atoms with Gasteiger partial charge in [0.05, 0.1) is 52.9 Å². The van der Waals surface area contributed by atoms with E-state index in [-0.39, 0.29) is 13.2 Å². The van der Waals surface area contributed by atoms with Crippen molar-refractivity contribution in [2.24, 2.45) is 0 Å². The molecule has 10 nitrogen and oxygen atoms in total. The van der Waals surface area contributed by atoms with Crippen molar-refractivity contribution in [1.82, 2.24) is 0 Å². The first kappa shape index (κ1) is 65.3. The lowest BCUT2D eigenvalue weighted by Gasteiger charge is -2.26. The Kier molecular flexibility index (Phi) is 22.6. The first-order valence-corrected chi connectivity index (χ1v) is 34.5. The highest BCUT2D eigenvalue weighted by atomic mass is 16.5. The fraction of sp³-hybridized carbons (Fsp3) is 0.415. The first-order valence-electron chi connectivity index (χ1n) is 34.5. The van der Waals surface area contributed by atoms with Gasteiger partial charge in [-0.2, -0.15) is 0 Å². The molecule has 0 amide bonds. The number of hydrogen-bond acceptors (Lipinski definition) is 10. The van der Waals surface area contributed by atoms with E-state index in [2.05, 4.69) is 177 Å². The molecule has 92 heavy (non-hydrogen) atoms. The highest BCUT2D eigenvalue weighted by Gasteiger charge is 2.28. The second-order valence-electron chi connectivity index (χ2n) is 25.0. The zero-order valence-electron chi connectivity index (χ0n) is 56.0. The Hall–Kier alpha value is -8.24. The van der Waals surface area contributed by atoms with Crippen molar-refractivity contribution in [2.75, 3.05) is 52.9 Å². The third-order valence-corrected chi connectivity index (χ3v) is 17.4. The van der Waals surface area contributed by atoms with Crippen LogP contribution in [-0.2, 0) is 64.6 Å². The lowest BCUT2D eigenvalue weighted by molar-refractivity contribution is 0.292. The SMILES string of the molecule is CCCOc1cc2c(OCCC)c(c1)Cc1cccc3c1COc1c4cccc1Cc1cc(OCCC)cc(c1OCCC)Cc1cccc(c1OCc1c(cccc1Cc1cc(OCCC)cc(c1OCCC)C3)C2)Cc1cc(OCCC)cc(c1OCCC)C4. The molecule has 0 N–H and O–H groups in total. The molecule has 4 aliphatic rings. The molecule has 0 radical (unpaired) electrons. The standard InChI is InChI=1S/C82H96O10/c1-9-29-83-71-45-63-37-55-21-17-23-57-39-65-47-72(84-30-10-2)48-66(80(65)88-34-14-6)40-58-24-18-22-56(38-64(46-71)79(63)87-33-13-5)76(58)54-92-78-60-26-20-28-62(78)44-70-52-74(86-32-12-4)51-69(82(70)90-36-16-8)43-61-27-19-25-59(77(61)91-53-75(55)57)41-67-49-73(85-31-11-3)50-68(42-60)81(67)89-35-15-7/h17-28,45-52H,9-16,29-44,53-54H2,1-8H3. The minimum absolute atomic E-state index is 0.267. The van der Waals surface area contributed by atoms with Crippen LogP contribution in [0.2, 0.25) is 0 Å². The molecule has 10 heteroatoms. The maximum atomic E-state index is 7.82. The Labute approximate surface area is 547 Å². The molecule has 484 valence electrons. The molecule has 8 aromatic rings. The van der Waals surface area contributed by atoms with E-state index in [0.29, 0.717) is 104 Å². The molecular formula is C82H96O10. The van der Waals surface area contributed by atoms with E-state index >= 15 is 0 Å². The van der Waals surface area contributed by atoms with Crippen LogP contribution in [0.5, 0.6) is 57.5 Å². The second-order valence-corrected chi connectivity index (χ2v) is 25.0. The van der Waals surface area contributed by atoms with Crippen molar-refractivity contribution in [3.05, 3.63) is 221 Å². The molecule has 0 aromatic heterocycles. The quantitative estimate of drug-likeness (QED) is 0.0582. The lowest BCUT2D eigenvalue weighted by Crippen LogP contribution is -2.14. The summed E-state index contributed by atoms with van der Waals surface area (Å²) >= 11 is 0. The maximum absolute atomic E-state index is 7.82. The number of para-hydroxylation sites is 2. The van der Waals surface area contributed by atoms with Crippen molar-refractivity contribution < 1.29 is 47.4 Å². The molecule has 0 spiro atoms. The topological polar surface area (TPSA) is 92.3 Å². The van der Waals surface area contributed by atoms with Gasteiger partial charge in [0.25, 0.3) is 0 Å². The van der Waals surface area contributed by atoms with E-state index in [0.717, 1.165) is 209 Å². The second kappa shape index (κ2) is 31.9. The van der Waals surface area contributed by atoms with Crippen LogP contribution in [0.15, 0.2) is 121 Å². The summed E-state index contributed by atoms with van der Waals surface area (Å²) in [5, 5.41) is 0. The zero-order chi connectivity index (χ0) is 63.8. The largest absolute Gasteiger partial charge is 0.494 e. The van der Waals surface area contributed by atoms with Gasteiger partial charge in [-0.1, -0.05) is 128 Å². The average molecular weight is 1240 g/mol. The summed E-state index contributed by atoms with van der Waals surface area (Å²) in [4.78, 5) is 0. The van der Waals surface area contributed by atoms with Crippen molar-refractivity contribution in [3.63, 3.8) is 0 Å². The Morgan fingerprint density at radius 3 is 0.630 bits per heavy atom. The van der Waals surface area contributed by atoms with Gasteiger partial charge in [0.2, 0.25) is 0 Å². The summed E-state index contributed by atoms with van der Waals surface area (Å²) in [6.07, 6.45) is 11.2. The molecular weight excluding hydrogens is 1140 g/mol. The highest BCUT2D eigenvalue weighted by Crippen LogP contribution is 2.45. The molecule has 8 aromatic carbocycles. The van der Waals surface area contributed by atoms with Crippen molar-refractivity contribution in [1.29, 1.82) is 0 Å². The first-order chi connectivity index (χ1) is 45.2. The van der Waals surface area contributed by atoms with Gasteiger partial charge in [-0.25, -0.2) is 0 Å². The number of rotatable bonds is 24. The van der Waals surface area contributed by atoms with Gasteiger partial charge < -0.3 is 47.4 Å². The van der Waals surface area contributed by atoms with Gasteiger partial charge in [0, 0.05) is 95.9 Å². The third-order valence-electron chi connectivity index (χ3n) is 17.4. The van der Waals surface area contributed by atoms with Crippen LogP contribution in [0.1, 0.15) is 207 Å². The minimum Gasteiger partial charge on any atom is -0.494 e. The number of ether oxygens (including phenoxy) is 10. The van der Waals surface area contributed by atoms with Gasteiger partial charge in [-0.15, -0.1) is 0 Å². The Balaban J connectivity index is 1.28. The van der Waals surface area contributed by atoms with E-state index in [4.69, 9.17) is 47.4 Å². The predicted molar refractivity (Wildman–Crippen MR) is 369 cm³/mol. The molecule has 0 unspecified atom stereocenters. The lowest BCUT2D eigenvalue weighted by atomic mass is 9.87. The average Bonchev–Trinajstić information content (AvgIpc) is 0.956. The predicted octanol–water partition coefficient (Wildman–Crippen LogP) is 18.8. The maximum Gasteiger partial charge on any atom is 0.126 e. The number of fused-ring (bicyclic) bond motifs is 4. The summed E-state index contributed by atoms with van der Waals surface area (Å²) in [5.41, 5.74) is 19.3. The Morgan fingerprint density at radius 2 is 0.424 bits per heavy atom. The number of hydrogen-bond donors (Lipinski definition) is 0. The normalized spacial score (nSPS) is 13.2. The fourth-order valence-electron chi connectivity index (χ4n) is 13.3. The summed E-state index contributed by atoms with van der Waals surface area (Å²) < 4.78 is 70.6. The zero-order valence-corrected chi connectivity index (χ0v) is 56.0. The van der Waals surface area contributed by atoms with Crippen LogP contribution < -0.4 is 47.4 Å². The van der Waals surface area contributed by atoms with Gasteiger partial charge in [-0.05, 0) is 156 Å². The van der Waals surface area contributed by atoms with Gasteiger partial charge in [0.15, 0.2) is 0 Å². The van der Waals surface area contributed by atoms with Gasteiger partial charge in [0.1, 0.15) is 70.7 Å². The summed E-state index contributed by atoms with van der Waals surface area (Å²) in [6, 6.07) is 44.6. The monoisotopic (exact) mass is 1240 g/mol. The fourth-order valence-corrected chi connectivity index (χ4v) is 13.3. The Bertz CT molecular complexity index is 3130. The molecule has 2 heterocycles. The van der Waals surface area contributed by atoms with Crippen LogP contribution in [0.25, 0.3) is 0 Å². The molecule has 0 saturated carbocycles. The van der Waals surface area contributed by atoms with Gasteiger partial charge in [-0.3, -0.25) is 0 Å². The van der Waals surface area contributed by atoms with Crippen LogP contribution in [0.4, 0.5) is 0 Å². The van der Waals surface area contributed by atoms with Crippen molar-refractivity contribution in [2.45, 2.75) is 171 Å². The molecule has 0 saturated heterocycles. The third kappa shape index (κ3) is 15.5. The number of benzene rings is 8. The van der Waals surface area contributed by atoms with E-state index in [1.165, 1.54) is 0 Å². The van der Waals surface area contributed by atoms with Crippen LogP contribution in [-0.4, -0.2) is 52.9 Å². The van der Waals surface area contributed by atoms with Crippen LogP contribution in [0.3, 0.4) is 0 Å². The molecule has 2 aliphatic heterocycles. The minimum atomic E-state index is 0.267. The highest BCUT2D eigenvalue weighted by molar-refractivity contribution is 5.61. The Morgan fingerprint density at radius 1 is 0.239 bits per heavy atom. The molecule has 0 atom stereocenters.